The average Bonchev–Trinajstić information content (AvgIpc) is 2.53. The highest BCUT2D eigenvalue weighted by Gasteiger charge is 2.25. The zero-order chi connectivity index (χ0) is 18.5. The van der Waals surface area contributed by atoms with E-state index < -0.39 is 10.0 Å². The lowest BCUT2D eigenvalue weighted by Gasteiger charge is -2.25. The van der Waals surface area contributed by atoms with Gasteiger partial charge in [-0.1, -0.05) is 6.92 Å². The molecule has 8 heteroatoms. The van der Waals surface area contributed by atoms with Crippen LogP contribution in [0.2, 0.25) is 0 Å². The second kappa shape index (κ2) is 8.23. The minimum absolute atomic E-state index is 0.0354. The van der Waals surface area contributed by atoms with E-state index in [1.165, 1.54) is 30.7 Å². The third-order valence-corrected chi connectivity index (χ3v) is 4.95. The van der Waals surface area contributed by atoms with Gasteiger partial charge in [0.05, 0.1) is 31.7 Å². The van der Waals surface area contributed by atoms with E-state index in [9.17, 15) is 13.2 Å². The molecule has 1 atom stereocenters. The number of sulfonamides is 1. The van der Waals surface area contributed by atoms with E-state index in [1.54, 1.807) is 6.92 Å². The summed E-state index contributed by atoms with van der Waals surface area (Å²) in [5, 5.41) is 2.85. The fraction of sp³-hybridized carbons (Fsp3) is 0.562. The van der Waals surface area contributed by atoms with E-state index in [-0.39, 0.29) is 29.7 Å². The van der Waals surface area contributed by atoms with Crippen LogP contribution >= 0.6 is 0 Å². The molecule has 0 aliphatic carbocycles. The molecule has 1 aromatic carbocycles. The molecule has 0 spiro atoms. The summed E-state index contributed by atoms with van der Waals surface area (Å²) in [6.45, 7) is 5.73. The van der Waals surface area contributed by atoms with Gasteiger partial charge in [-0.2, -0.15) is 0 Å². The predicted octanol–water partition coefficient (Wildman–Crippen LogP) is 2.02. The summed E-state index contributed by atoms with van der Waals surface area (Å²) in [6, 6.07) is 2.97. The molecule has 0 aliphatic rings. The van der Waals surface area contributed by atoms with Crippen LogP contribution in [-0.2, 0) is 10.0 Å². The monoisotopic (exact) mass is 358 g/mol. The maximum Gasteiger partial charge on any atom is 0.253 e. The Hall–Kier alpha value is -1.96. The lowest BCUT2D eigenvalue weighted by atomic mass is 10.1. The molecular formula is C16H26N2O5S. The van der Waals surface area contributed by atoms with Gasteiger partial charge in [0, 0.05) is 18.7 Å². The molecule has 0 heterocycles. The number of nitrogens with one attached hydrogen (secondary N) is 1. The summed E-state index contributed by atoms with van der Waals surface area (Å²) < 4.78 is 35.8. The van der Waals surface area contributed by atoms with Gasteiger partial charge in [-0.05, 0) is 26.3 Å². The number of amides is 1. The Labute approximate surface area is 144 Å². The Bertz CT molecular complexity index is 688. The summed E-state index contributed by atoms with van der Waals surface area (Å²) in [7, 11) is -0.630. The molecule has 0 unspecified atom stereocenters. The number of nitrogens with zero attached hydrogens (tertiary/aromatic N) is 1. The van der Waals surface area contributed by atoms with E-state index in [0.29, 0.717) is 11.5 Å². The highest BCUT2D eigenvalue weighted by molar-refractivity contribution is 7.92. The van der Waals surface area contributed by atoms with Crippen molar-refractivity contribution < 1.29 is 22.7 Å². The maximum atomic E-state index is 12.6. The van der Waals surface area contributed by atoms with Crippen LogP contribution in [0.15, 0.2) is 12.1 Å². The first-order chi connectivity index (χ1) is 11.2. The Balaban J connectivity index is 3.56. The molecule has 24 heavy (non-hydrogen) atoms. The van der Waals surface area contributed by atoms with Crippen molar-refractivity contribution >= 4 is 21.6 Å². The molecule has 0 aliphatic heterocycles. The van der Waals surface area contributed by atoms with E-state index >= 15 is 0 Å². The maximum absolute atomic E-state index is 12.6. The minimum atomic E-state index is -3.55. The second-order valence-electron chi connectivity index (χ2n) is 5.43. The van der Waals surface area contributed by atoms with Crippen molar-refractivity contribution in [1.29, 1.82) is 0 Å². The molecule has 0 saturated heterocycles. The summed E-state index contributed by atoms with van der Waals surface area (Å²) in [5.74, 6) is 0.359. The molecule has 136 valence electrons. The number of anilines is 1. The summed E-state index contributed by atoms with van der Waals surface area (Å²) in [5.41, 5.74) is 0.485. The number of rotatable bonds is 8. The molecule has 0 fully saturated rings. The summed E-state index contributed by atoms with van der Waals surface area (Å²) >= 11 is 0. The standard InChI is InChI=1S/C16H26N2O5S/c1-7-11(3)17-16(19)12-9-14(22-4)15(23-5)10-13(12)18(8-2)24(6,20)21/h9-11H,7-8H2,1-6H3,(H,17,19)/t11-/m0/s1. The number of carbonyl (C=O) groups is 1. The number of benzene rings is 1. The fourth-order valence-electron chi connectivity index (χ4n) is 2.24. The van der Waals surface area contributed by atoms with Crippen molar-refractivity contribution in [3.8, 4) is 11.5 Å². The first kappa shape index (κ1) is 20.1. The number of carbonyl (C=O) groups excluding carboxylic acids is 1. The average molecular weight is 358 g/mol. The van der Waals surface area contributed by atoms with Gasteiger partial charge in [0.2, 0.25) is 10.0 Å². The van der Waals surface area contributed by atoms with E-state index in [1.807, 2.05) is 13.8 Å². The highest BCUT2D eigenvalue weighted by atomic mass is 32.2. The van der Waals surface area contributed by atoms with Gasteiger partial charge in [0.15, 0.2) is 11.5 Å². The van der Waals surface area contributed by atoms with Gasteiger partial charge in [-0.15, -0.1) is 0 Å². The van der Waals surface area contributed by atoms with Crippen molar-refractivity contribution in [3.63, 3.8) is 0 Å². The smallest absolute Gasteiger partial charge is 0.253 e. The fourth-order valence-corrected chi connectivity index (χ4v) is 3.22. The van der Waals surface area contributed by atoms with Gasteiger partial charge in [-0.25, -0.2) is 8.42 Å². The summed E-state index contributed by atoms with van der Waals surface area (Å²) in [6.07, 6.45) is 1.86. The third kappa shape index (κ3) is 4.53. The van der Waals surface area contributed by atoms with Crippen molar-refractivity contribution in [2.75, 3.05) is 31.3 Å². The number of hydrogen-bond donors (Lipinski definition) is 1. The molecule has 7 nitrogen and oxygen atoms in total. The number of methoxy groups -OCH3 is 2. The van der Waals surface area contributed by atoms with Gasteiger partial charge in [-0.3, -0.25) is 9.10 Å². The van der Waals surface area contributed by atoms with Gasteiger partial charge in [0.1, 0.15) is 0 Å². The van der Waals surface area contributed by atoms with Gasteiger partial charge in [0.25, 0.3) is 5.91 Å². The molecule has 1 N–H and O–H groups in total. The molecular weight excluding hydrogens is 332 g/mol. The molecule has 1 amide bonds. The minimum Gasteiger partial charge on any atom is -0.493 e. The second-order valence-corrected chi connectivity index (χ2v) is 7.34. The van der Waals surface area contributed by atoms with Crippen molar-refractivity contribution in [3.05, 3.63) is 17.7 Å². The number of hydrogen-bond acceptors (Lipinski definition) is 5. The zero-order valence-corrected chi connectivity index (χ0v) is 15.9. The van der Waals surface area contributed by atoms with Crippen LogP contribution in [0.4, 0.5) is 5.69 Å². The third-order valence-electron chi connectivity index (χ3n) is 3.69. The van der Waals surface area contributed by atoms with Crippen LogP contribution in [0.3, 0.4) is 0 Å². The SMILES string of the molecule is CC[C@H](C)NC(=O)c1cc(OC)c(OC)cc1N(CC)S(C)(=O)=O. The van der Waals surface area contributed by atoms with Crippen molar-refractivity contribution in [2.45, 2.75) is 33.2 Å². The van der Waals surface area contributed by atoms with Gasteiger partial charge >= 0.3 is 0 Å². The molecule has 0 radical (unpaired) electrons. The van der Waals surface area contributed by atoms with Crippen LogP contribution in [-0.4, -0.2) is 47.4 Å². The Kier molecular flexibility index (Phi) is 6.89. The van der Waals surface area contributed by atoms with E-state index in [2.05, 4.69) is 5.32 Å². The number of ether oxygens (including phenoxy) is 2. The molecule has 0 aromatic heterocycles. The molecule has 1 rings (SSSR count). The Morgan fingerprint density at radius 1 is 1.21 bits per heavy atom. The zero-order valence-electron chi connectivity index (χ0n) is 15.0. The van der Waals surface area contributed by atoms with Crippen LogP contribution in [0.25, 0.3) is 0 Å². The lowest BCUT2D eigenvalue weighted by Crippen LogP contribution is -2.35. The van der Waals surface area contributed by atoms with Crippen LogP contribution in [0.1, 0.15) is 37.6 Å². The van der Waals surface area contributed by atoms with E-state index in [0.717, 1.165) is 12.7 Å². The first-order valence-corrected chi connectivity index (χ1v) is 9.58. The largest absolute Gasteiger partial charge is 0.493 e. The van der Waals surface area contributed by atoms with Crippen LogP contribution in [0.5, 0.6) is 11.5 Å². The normalized spacial score (nSPS) is 12.4. The highest BCUT2D eigenvalue weighted by Crippen LogP contribution is 2.36. The van der Waals surface area contributed by atoms with Crippen molar-refractivity contribution in [2.24, 2.45) is 0 Å². The van der Waals surface area contributed by atoms with E-state index in [4.69, 9.17) is 9.47 Å². The molecule has 0 bridgehead atoms. The quantitative estimate of drug-likeness (QED) is 0.768. The lowest BCUT2D eigenvalue weighted by molar-refractivity contribution is 0.0939. The van der Waals surface area contributed by atoms with Gasteiger partial charge < -0.3 is 14.8 Å². The predicted molar refractivity (Wildman–Crippen MR) is 94.6 cm³/mol. The summed E-state index contributed by atoms with van der Waals surface area (Å²) in [4.78, 5) is 12.6. The molecule has 1 aromatic rings. The van der Waals surface area contributed by atoms with Crippen LogP contribution < -0.4 is 19.1 Å². The first-order valence-electron chi connectivity index (χ1n) is 7.74. The topological polar surface area (TPSA) is 84.9 Å². The Morgan fingerprint density at radius 3 is 2.17 bits per heavy atom. The molecule has 0 saturated carbocycles. The van der Waals surface area contributed by atoms with Crippen molar-refractivity contribution in [1.82, 2.24) is 5.32 Å². The Morgan fingerprint density at radius 2 is 1.75 bits per heavy atom. The van der Waals surface area contributed by atoms with Crippen LogP contribution in [0, 0.1) is 0 Å².